The molecule has 1 aliphatic heterocycles. The first kappa shape index (κ1) is 33.3. The molecule has 232 valence electrons. The highest BCUT2D eigenvalue weighted by Crippen LogP contribution is 2.20. The van der Waals surface area contributed by atoms with E-state index in [1.165, 1.54) is 51.4 Å². The first-order valence-corrected chi connectivity index (χ1v) is 16.2. The van der Waals surface area contributed by atoms with Crippen LogP contribution in [0, 0.1) is 0 Å². The third-order valence-corrected chi connectivity index (χ3v) is 7.94. The van der Waals surface area contributed by atoms with Gasteiger partial charge in [-0.15, -0.1) is 0 Å². The maximum absolute atomic E-state index is 12.6. The van der Waals surface area contributed by atoms with Crippen LogP contribution in [0.25, 0.3) is 0 Å². The van der Waals surface area contributed by atoms with Gasteiger partial charge >= 0.3 is 11.9 Å². The fraction of sp³-hybridized carbons (Fsp3) is 0.647. The van der Waals surface area contributed by atoms with Crippen LogP contribution in [0.4, 0.5) is 11.6 Å². The van der Waals surface area contributed by atoms with Crippen LogP contribution in [0.5, 0.6) is 0 Å². The number of anilines is 2. The van der Waals surface area contributed by atoms with Gasteiger partial charge in [-0.25, -0.2) is 19.6 Å². The van der Waals surface area contributed by atoms with Crippen LogP contribution in [0.3, 0.4) is 0 Å². The van der Waals surface area contributed by atoms with Crippen LogP contribution in [0.1, 0.15) is 125 Å². The van der Waals surface area contributed by atoms with Gasteiger partial charge < -0.3 is 19.3 Å². The van der Waals surface area contributed by atoms with Gasteiger partial charge in [-0.1, -0.05) is 65.2 Å². The van der Waals surface area contributed by atoms with Gasteiger partial charge in [0.1, 0.15) is 11.6 Å². The Morgan fingerprint density at radius 2 is 1.02 bits per heavy atom. The Hall–Kier alpha value is -3.16. The zero-order valence-electron chi connectivity index (χ0n) is 26.4. The molecule has 3 rings (SSSR count). The quantitative estimate of drug-likeness (QED) is 0.132. The highest BCUT2D eigenvalue weighted by Gasteiger charge is 2.21. The molecule has 0 amide bonds. The largest absolute Gasteiger partial charge is 0.459 e. The van der Waals surface area contributed by atoms with E-state index in [1.54, 1.807) is 24.5 Å². The molecule has 42 heavy (non-hydrogen) atoms. The summed E-state index contributed by atoms with van der Waals surface area (Å²) in [4.78, 5) is 38.6. The summed E-state index contributed by atoms with van der Waals surface area (Å²) in [5.41, 5.74) is 0.971. The van der Waals surface area contributed by atoms with Crippen molar-refractivity contribution < 1.29 is 19.1 Å². The fourth-order valence-corrected chi connectivity index (χ4v) is 5.24. The molecule has 8 heteroatoms. The van der Waals surface area contributed by atoms with Gasteiger partial charge in [-0.3, -0.25) is 0 Å². The third kappa shape index (κ3) is 11.3. The number of esters is 2. The molecule has 1 fully saturated rings. The molecule has 1 saturated heterocycles. The minimum atomic E-state index is -0.310. The molecule has 0 aromatic carbocycles. The van der Waals surface area contributed by atoms with E-state index >= 15 is 0 Å². The summed E-state index contributed by atoms with van der Waals surface area (Å²) in [7, 11) is 0. The van der Waals surface area contributed by atoms with E-state index in [4.69, 9.17) is 9.47 Å². The fourth-order valence-electron chi connectivity index (χ4n) is 5.24. The lowest BCUT2D eigenvalue weighted by Gasteiger charge is -2.36. The zero-order chi connectivity index (χ0) is 30.2. The molecular weight excluding hydrogens is 528 g/mol. The van der Waals surface area contributed by atoms with E-state index in [-0.39, 0.29) is 24.1 Å². The van der Waals surface area contributed by atoms with E-state index in [1.807, 2.05) is 26.0 Å². The van der Waals surface area contributed by atoms with Crippen molar-refractivity contribution in [3.8, 4) is 0 Å². The van der Waals surface area contributed by atoms with Gasteiger partial charge in [0.25, 0.3) is 0 Å². The SMILES string of the molecule is CCCCCCC[C@@H](C)OC(=O)c1ccc(N2CCN(c3ccc(C(=O)O[C@H](C)CCCCCCC)cn3)CC2)nc1. The minimum Gasteiger partial charge on any atom is -0.459 e. The summed E-state index contributed by atoms with van der Waals surface area (Å²) >= 11 is 0. The van der Waals surface area contributed by atoms with Gasteiger partial charge in [-0.05, 0) is 63.8 Å². The molecule has 0 spiro atoms. The number of carbonyl (C=O) groups is 2. The molecule has 0 N–H and O–H groups in total. The van der Waals surface area contributed by atoms with Crippen molar-refractivity contribution in [1.82, 2.24) is 9.97 Å². The van der Waals surface area contributed by atoms with Gasteiger partial charge in [0, 0.05) is 38.6 Å². The Balaban J connectivity index is 1.40. The maximum Gasteiger partial charge on any atom is 0.339 e. The topological polar surface area (TPSA) is 84.9 Å². The van der Waals surface area contributed by atoms with E-state index in [0.717, 1.165) is 63.5 Å². The summed E-state index contributed by atoms with van der Waals surface area (Å²) < 4.78 is 11.3. The third-order valence-electron chi connectivity index (χ3n) is 7.94. The number of aromatic nitrogens is 2. The van der Waals surface area contributed by atoms with Crippen LogP contribution in [0.2, 0.25) is 0 Å². The first-order valence-electron chi connectivity index (χ1n) is 16.2. The highest BCUT2D eigenvalue weighted by atomic mass is 16.5. The number of carbonyl (C=O) groups excluding carboxylic acids is 2. The number of pyridine rings is 2. The Labute approximate surface area is 253 Å². The number of nitrogens with zero attached hydrogens (tertiary/aromatic N) is 4. The minimum absolute atomic E-state index is 0.0890. The van der Waals surface area contributed by atoms with Crippen LogP contribution in [0.15, 0.2) is 36.7 Å². The van der Waals surface area contributed by atoms with Crippen molar-refractivity contribution in [2.75, 3.05) is 36.0 Å². The number of piperazine rings is 1. The lowest BCUT2D eigenvalue weighted by atomic mass is 10.1. The molecule has 0 saturated carbocycles. The molecule has 2 atom stereocenters. The molecule has 8 nitrogen and oxygen atoms in total. The number of unbranched alkanes of at least 4 members (excludes halogenated alkanes) is 8. The van der Waals surface area contributed by atoms with Crippen LogP contribution >= 0.6 is 0 Å². The number of hydrogen-bond acceptors (Lipinski definition) is 8. The second-order valence-corrected chi connectivity index (χ2v) is 11.6. The summed E-state index contributed by atoms with van der Waals surface area (Å²) in [6.45, 7) is 11.5. The number of rotatable bonds is 18. The van der Waals surface area contributed by atoms with Crippen LogP contribution in [-0.4, -0.2) is 60.3 Å². The predicted octanol–water partition coefficient (Wildman–Crippen LogP) is 7.61. The van der Waals surface area contributed by atoms with Gasteiger partial charge in [0.15, 0.2) is 0 Å². The van der Waals surface area contributed by atoms with Crippen molar-refractivity contribution in [1.29, 1.82) is 0 Å². The van der Waals surface area contributed by atoms with Crippen LogP contribution in [-0.2, 0) is 9.47 Å². The van der Waals surface area contributed by atoms with Crippen molar-refractivity contribution in [3.05, 3.63) is 47.8 Å². The monoisotopic (exact) mass is 580 g/mol. The summed E-state index contributed by atoms with van der Waals surface area (Å²) in [5, 5.41) is 0. The average molecular weight is 581 g/mol. The Morgan fingerprint density at radius 1 is 0.643 bits per heavy atom. The zero-order valence-corrected chi connectivity index (χ0v) is 26.4. The Kier molecular flexibility index (Phi) is 14.6. The summed E-state index contributed by atoms with van der Waals surface area (Å²) in [6, 6.07) is 7.40. The van der Waals surface area contributed by atoms with Crippen molar-refractivity contribution in [2.45, 2.75) is 117 Å². The molecule has 3 heterocycles. The second-order valence-electron chi connectivity index (χ2n) is 11.6. The highest BCUT2D eigenvalue weighted by molar-refractivity contribution is 5.89. The van der Waals surface area contributed by atoms with Gasteiger partial charge in [-0.2, -0.15) is 0 Å². The van der Waals surface area contributed by atoms with Crippen molar-refractivity contribution >= 4 is 23.6 Å². The molecule has 0 aliphatic carbocycles. The lowest BCUT2D eigenvalue weighted by Crippen LogP contribution is -2.47. The standard InChI is InChI=1S/C34H52N4O4/c1-5-7-9-11-13-15-27(3)41-33(39)29-17-19-31(35-25-29)37-21-23-38(24-22-37)32-20-18-30(26-36-32)34(40)42-28(4)16-14-12-10-8-6-2/h17-20,25-28H,5-16,21-24H2,1-4H3/t27-,28-/m1/s1. The molecule has 0 unspecified atom stereocenters. The molecule has 2 aromatic heterocycles. The summed E-state index contributed by atoms with van der Waals surface area (Å²) in [6.07, 6.45) is 16.9. The maximum atomic E-state index is 12.6. The van der Waals surface area contributed by atoms with E-state index in [9.17, 15) is 9.59 Å². The van der Waals surface area contributed by atoms with E-state index in [0.29, 0.717) is 11.1 Å². The second kappa shape index (κ2) is 18.4. The summed E-state index contributed by atoms with van der Waals surface area (Å²) in [5.74, 6) is 1.08. The van der Waals surface area contributed by atoms with E-state index in [2.05, 4.69) is 33.6 Å². The normalized spacial score (nSPS) is 14.9. The smallest absolute Gasteiger partial charge is 0.339 e. The molecule has 0 bridgehead atoms. The van der Waals surface area contributed by atoms with Crippen molar-refractivity contribution in [2.24, 2.45) is 0 Å². The van der Waals surface area contributed by atoms with Crippen LogP contribution < -0.4 is 9.80 Å². The van der Waals surface area contributed by atoms with E-state index < -0.39 is 0 Å². The predicted molar refractivity (Wildman–Crippen MR) is 169 cm³/mol. The number of ether oxygens (including phenoxy) is 2. The van der Waals surface area contributed by atoms with Gasteiger partial charge in [0.2, 0.25) is 0 Å². The van der Waals surface area contributed by atoms with Crippen molar-refractivity contribution in [3.63, 3.8) is 0 Å². The van der Waals surface area contributed by atoms with Gasteiger partial charge in [0.05, 0.1) is 23.3 Å². The Morgan fingerprint density at radius 3 is 1.36 bits per heavy atom. The average Bonchev–Trinajstić information content (AvgIpc) is 3.01. The molecule has 2 aromatic rings. The first-order chi connectivity index (χ1) is 20.4. The number of hydrogen-bond donors (Lipinski definition) is 0. The molecule has 1 aliphatic rings. The lowest BCUT2D eigenvalue weighted by molar-refractivity contribution is 0.0308. The molecular formula is C34H52N4O4. The molecule has 0 radical (unpaired) electrons. The Bertz CT molecular complexity index is 967.